The molecule has 0 aliphatic rings. The lowest BCUT2D eigenvalue weighted by Gasteiger charge is -2.19. The van der Waals surface area contributed by atoms with E-state index in [2.05, 4.69) is 11.9 Å². The molecule has 6 nitrogen and oxygen atoms in total. The molecule has 0 bridgehead atoms. The molecule has 0 heterocycles. The molecule has 22 heavy (non-hydrogen) atoms. The summed E-state index contributed by atoms with van der Waals surface area (Å²) >= 11 is 0. The van der Waals surface area contributed by atoms with Crippen molar-refractivity contribution in [1.29, 1.82) is 0 Å². The molecule has 0 spiro atoms. The zero-order valence-electron chi connectivity index (χ0n) is 12.1. The average Bonchev–Trinajstić information content (AvgIpc) is 2.48. The van der Waals surface area contributed by atoms with Crippen molar-refractivity contribution in [2.45, 2.75) is 19.1 Å². The topological polar surface area (TPSA) is 84.9 Å². The number of para-hydroxylation sites is 1. The molecule has 0 saturated heterocycles. The van der Waals surface area contributed by atoms with Gasteiger partial charge in [-0.25, -0.2) is 9.18 Å². The summed E-state index contributed by atoms with van der Waals surface area (Å²) in [4.78, 5) is 23.0. The lowest BCUT2D eigenvalue weighted by Crippen LogP contribution is -2.48. The SMILES string of the molecule is C=CCOCC(NC(=O)C(C)Oc1ccccc1F)C(=O)O. The molecule has 120 valence electrons. The maximum absolute atomic E-state index is 13.4. The molecular weight excluding hydrogens is 293 g/mol. The van der Waals surface area contributed by atoms with Crippen LogP contribution in [-0.2, 0) is 14.3 Å². The van der Waals surface area contributed by atoms with Crippen LogP contribution < -0.4 is 10.1 Å². The van der Waals surface area contributed by atoms with Crippen molar-refractivity contribution < 1.29 is 28.6 Å². The Balaban J connectivity index is 2.59. The highest BCUT2D eigenvalue weighted by Crippen LogP contribution is 2.17. The molecule has 0 aliphatic carbocycles. The van der Waals surface area contributed by atoms with Crippen molar-refractivity contribution >= 4 is 11.9 Å². The highest BCUT2D eigenvalue weighted by Gasteiger charge is 2.24. The minimum absolute atomic E-state index is 0.0834. The molecule has 2 N–H and O–H groups in total. The van der Waals surface area contributed by atoms with Gasteiger partial charge in [-0.05, 0) is 19.1 Å². The van der Waals surface area contributed by atoms with Gasteiger partial charge in [-0.2, -0.15) is 0 Å². The number of rotatable bonds is 9. The minimum atomic E-state index is -1.24. The molecule has 2 unspecified atom stereocenters. The quantitative estimate of drug-likeness (QED) is 0.531. The fraction of sp³-hybridized carbons (Fsp3) is 0.333. The maximum atomic E-state index is 13.4. The standard InChI is InChI=1S/C15H18FNO5/c1-3-8-21-9-12(15(19)20)17-14(18)10(2)22-13-7-5-4-6-11(13)16/h3-7,10,12H,1,8-9H2,2H3,(H,17,18)(H,19,20). The van der Waals surface area contributed by atoms with Crippen molar-refractivity contribution in [2.24, 2.45) is 0 Å². The molecular formula is C15H18FNO5. The Morgan fingerprint density at radius 3 is 2.73 bits per heavy atom. The number of nitrogens with one attached hydrogen (secondary N) is 1. The number of hydrogen-bond donors (Lipinski definition) is 2. The highest BCUT2D eigenvalue weighted by atomic mass is 19.1. The number of benzene rings is 1. The number of carbonyl (C=O) groups is 2. The van der Waals surface area contributed by atoms with E-state index in [0.29, 0.717) is 0 Å². The van der Waals surface area contributed by atoms with Crippen LogP contribution in [0.1, 0.15) is 6.92 Å². The van der Waals surface area contributed by atoms with E-state index in [-0.39, 0.29) is 19.0 Å². The summed E-state index contributed by atoms with van der Waals surface area (Å²) in [6, 6.07) is 4.40. The molecule has 7 heteroatoms. The van der Waals surface area contributed by atoms with Crippen LogP contribution in [0.5, 0.6) is 5.75 Å². The Labute approximate surface area is 127 Å². The highest BCUT2D eigenvalue weighted by molar-refractivity contribution is 5.86. The summed E-state index contributed by atoms with van der Waals surface area (Å²) < 4.78 is 23.6. The van der Waals surface area contributed by atoms with E-state index < -0.39 is 29.8 Å². The summed E-state index contributed by atoms with van der Waals surface area (Å²) in [5.41, 5.74) is 0. The zero-order chi connectivity index (χ0) is 16.5. The Morgan fingerprint density at radius 2 is 2.14 bits per heavy atom. The third-order valence-corrected chi connectivity index (χ3v) is 2.64. The Hall–Kier alpha value is -2.41. The Morgan fingerprint density at radius 1 is 1.45 bits per heavy atom. The second-order valence-electron chi connectivity index (χ2n) is 4.42. The van der Waals surface area contributed by atoms with Crippen LogP contribution in [0, 0.1) is 5.82 Å². The van der Waals surface area contributed by atoms with Gasteiger partial charge in [0.05, 0.1) is 13.2 Å². The van der Waals surface area contributed by atoms with E-state index in [9.17, 15) is 14.0 Å². The molecule has 1 aromatic carbocycles. The summed E-state index contributed by atoms with van der Waals surface area (Å²) in [5, 5.41) is 11.3. The van der Waals surface area contributed by atoms with E-state index in [1.165, 1.54) is 31.2 Å². The average molecular weight is 311 g/mol. The van der Waals surface area contributed by atoms with Gasteiger partial charge in [0.1, 0.15) is 0 Å². The molecule has 0 radical (unpaired) electrons. The van der Waals surface area contributed by atoms with Gasteiger partial charge >= 0.3 is 5.97 Å². The Kier molecular flexibility index (Phi) is 7.04. The van der Waals surface area contributed by atoms with Crippen molar-refractivity contribution in [3.8, 4) is 5.75 Å². The van der Waals surface area contributed by atoms with E-state index in [4.69, 9.17) is 14.6 Å². The van der Waals surface area contributed by atoms with Gasteiger partial charge in [-0.3, -0.25) is 4.79 Å². The predicted octanol–water partition coefficient (Wildman–Crippen LogP) is 1.36. The first-order valence-electron chi connectivity index (χ1n) is 6.58. The van der Waals surface area contributed by atoms with Crippen LogP contribution in [0.2, 0.25) is 0 Å². The smallest absolute Gasteiger partial charge is 0.328 e. The normalized spacial score (nSPS) is 13.0. The molecule has 2 atom stereocenters. The summed E-state index contributed by atoms with van der Waals surface area (Å²) in [6.45, 7) is 4.78. The molecule has 1 aromatic rings. The number of carboxylic acids is 1. The van der Waals surface area contributed by atoms with E-state index >= 15 is 0 Å². The third-order valence-electron chi connectivity index (χ3n) is 2.64. The maximum Gasteiger partial charge on any atom is 0.328 e. The van der Waals surface area contributed by atoms with Gasteiger partial charge in [-0.15, -0.1) is 6.58 Å². The largest absolute Gasteiger partial charge is 0.480 e. The molecule has 0 aliphatic heterocycles. The van der Waals surface area contributed by atoms with E-state index in [1.807, 2.05) is 0 Å². The fourth-order valence-corrected chi connectivity index (χ4v) is 1.52. The second kappa shape index (κ2) is 8.78. The number of halogens is 1. The molecule has 0 fully saturated rings. The molecule has 1 amide bonds. The van der Waals surface area contributed by atoms with Crippen molar-refractivity contribution in [3.05, 3.63) is 42.7 Å². The van der Waals surface area contributed by atoms with Crippen LogP contribution >= 0.6 is 0 Å². The number of carboxylic acid groups (broad SMARTS) is 1. The third kappa shape index (κ3) is 5.53. The van der Waals surface area contributed by atoms with Crippen molar-refractivity contribution in [3.63, 3.8) is 0 Å². The van der Waals surface area contributed by atoms with E-state index in [1.54, 1.807) is 6.07 Å². The lowest BCUT2D eigenvalue weighted by molar-refractivity contribution is -0.144. The number of aliphatic carboxylic acids is 1. The zero-order valence-corrected chi connectivity index (χ0v) is 12.1. The first kappa shape index (κ1) is 17.6. The number of hydrogen-bond acceptors (Lipinski definition) is 4. The van der Waals surface area contributed by atoms with Crippen LogP contribution in [0.3, 0.4) is 0 Å². The number of ether oxygens (including phenoxy) is 2. The number of amides is 1. The molecule has 1 rings (SSSR count). The summed E-state index contributed by atoms with van der Waals surface area (Å²) in [5.74, 6) is -2.61. The number of carbonyl (C=O) groups excluding carboxylic acids is 1. The van der Waals surface area contributed by atoms with Crippen LogP contribution in [-0.4, -0.2) is 42.3 Å². The monoisotopic (exact) mass is 311 g/mol. The molecule has 0 aromatic heterocycles. The van der Waals surface area contributed by atoms with Gasteiger partial charge < -0.3 is 19.9 Å². The van der Waals surface area contributed by atoms with Crippen LogP contribution in [0.4, 0.5) is 4.39 Å². The van der Waals surface area contributed by atoms with Crippen LogP contribution in [0.15, 0.2) is 36.9 Å². The Bertz CT molecular complexity index is 534. The first-order chi connectivity index (χ1) is 10.5. The molecule has 0 saturated carbocycles. The summed E-state index contributed by atoms with van der Waals surface area (Å²) in [7, 11) is 0. The van der Waals surface area contributed by atoms with Gasteiger partial charge in [0, 0.05) is 0 Å². The minimum Gasteiger partial charge on any atom is -0.480 e. The van der Waals surface area contributed by atoms with E-state index in [0.717, 1.165) is 0 Å². The first-order valence-corrected chi connectivity index (χ1v) is 6.58. The fourth-order valence-electron chi connectivity index (χ4n) is 1.52. The van der Waals surface area contributed by atoms with Gasteiger partial charge in [0.25, 0.3) is 5.91 Å². The summed E-state index contributed by atoms with van der Waals surface area (Å²) in [6.07, 6.45) is 0.406. The van der Waals surface area contributed by atoms with Crippen molar-refractivity contribution in [1.82, 2.24) is 5.32 Å². The van der Waals surface area contributed by atoms with Gasteiger partial charge in [-0.1, -0.05) is 18.2 Å². The second-order valence-corrected chi connectivity index (χ2v) is 4.42. The lowest BCUT2D eigenvalue weighted by atomic mass is 10.2. The predicted molar refractivity (Wildman–Crippen MR) is 77.1 cm³/mol. The van der Waals surface area contributed by atoms with Gasteiger partial charge in [0.2, 0.25) is 0 Å². The van der Waals surface area contributed by atoms with Gasteiger partial charge in [0.15, 0.2) is 23.7 Å². The van der Waals surface area contributed by atoms with Crippen molar-refractivity contribution in [2.75, 3.05) is 13.2 Å². The van der Waals surface area contributed by atoms with Crippen LogP contribution in [0.25, 0.3) is 0 Å².